The van der Waals surface area contributed by atoms with E-state index in [2.05, 4.69) is 5.32 Å². The number of hydrogen-bond acceptors (Lipinski definition) is 3. The van der Waals surface area contributed by atoms with Crippen LogP contribution in [0, 0.1) is 11.8 Å². The largest absolute Gasteiger partial charge is 0.481 e. The highest BCUT2D eigenvalue weighted by atomic mass is 32.1. The molecule has 3 atom stereocenters. The van der Waals surface area contributed by atoms with Crippen molar-refractivity contribution in [1.29, 1.82) is 0 Å². The maximum absolute atomic E-state index is 12.3. The van der Waals surface area contributed by atoms with Crippen molar-refractivity contribution in [2.24, 2.45) is 11.8 Å². The predicted octanol–water partition coefficient (Wildman–Crippen LogP) is 2.82. The van der Waals surface area contributed by atoms with Crippen molar-refractivity contribution in [3.63, 3.8) is 0 Å². The van der Waals surface area contributed by atoms with Crippen LogP contribution in [0.3, 0.4) is 0 Å². The Bertz CT molecular complexity index is 444. The number of hydrogen-bond donors (Lipinski definition) is 2. The van der Waals surface area contributed by atoms with E-state index in [4.69, 9.17) is 5.11 Å². The van der Waals surface area contributed by atoms with Gasteiger partial charge in [0.25, 0.3) is 0 Å². The molecule has 1 aliphatic rings. The van der Waals surface area contributed by atoms with Crippen LogP contribution in [0.1, 0.15) is 43.5 Å². The second-order valence-electron chi connectivity index (χ2n) is 4.97. The molecule has 2 rings (SSSR count). The van der Waals surface area contributed by atoms with Gasteiger partial charge in [-0.3, -0.25) is 9.59 Å². The number of carbonyl (C=O) groups excluding carboxylic acids is 1. The summed E-state index contributed by atoms with van der Waals surface area (Å²) in [5, 5.41) is 14.1. The summed E-state index contributed by atoms with van der Waals surface area (Å²) in [5.41, 5.74) is 0. The van der Waals surface area contributed by atoms with E-state index < -0.39 is 11.9 Å². The van der Waals surface area contributed by atoms with E-state index in [1.54, 1.807) is 11.3 Å². The normalized spacial score (nSPS) is 24.1. The van der Waals surface area contributed by atoms with Gasteiger partial charge in [0.2, 0.25) is 5.91 Å². The Labute approximate surface area is 116 Å². The summed E-state index contributed by atoms with van der Waals surface area (Å²) in [4.78, 5) is 24.5. The number of thiophene rings is 1. The lowest BCUT2D eigenvalue weighted by atomic mass is 9.95. The van der Waals surface area contributed by atoms with Gasteiger partial charge in [-0.25, -0.2) is 0 Å². The van der Waals surface area contributed by atoms with Crippen molar-refractivity contribution >= 4 is 23.2 Å². The SMILES string of the molecule is CCC(NC(=O)C1CCCC1C(=O)O)c1cccs1. The summed E-state index contributed by atoms with van der Waals surface area (Å²) >= 11 is 1.62. The molecule has 1 aromatic heterocycles. The molecule has 4 nitrogen and oxygen atoms in total. The molecule has 1 fully saturated rings. The van der Waals surface area contributed by atoms with Crippen molar-refractivity contribution in [2.45, 2.75) is 38.6 Å². The molecule has 0 bridgehead atoms. The van der Waals surface area contributed by atoms with Gasteiger partial charge in [-0.05, 0) is 30.7 Å². The summed E-state index contributed by atoms with van der Waals surface area (Å²) in [6, 6.07) is 3.97. The summed E-state index contributed by atoms with van der Waals surface area (Å²) in [7, 11) is 0. The van der Waals surface area contributed by atoms with Gasteiger partial charge < -0.3 is 10.4 Å². The molecule has 5 heteroatoms. The molecule has 1 saturated carbocycles. The fourth-order valence-electron chi connectivity index (χ4n) is 2.71. The second kappa shape index (κ2) is 6.19. The Kier molecular flexibility index (Phi) is 4.58. The molecule has 1 heterocycles. The summed E-state index contributed by atoms with van der Waals surface area (Å²) in [6.45, 7) is 2.02. The van der Waals surface area contributed by atoms with E-state index in [0.29, 0.717) is 12.8 Å². The average molecular weight is 281 g/mol. The van der Waals surface area contributed by atoms with Crippen LogP contribution in [0.25, 0.3) is 0 Å². The first-order chi connectivity index (χ1) is 9.13. The maximum atomic E-state index is 12.3. The third-order valence-electron chi connectivity index (χ3n) is 3.78. The first-order valence-electron chi connectivity index (χ1n) is 6.70. The van der Waals surface area contributed by atoms with E-state index in [9.17, 15) is 9.59 Å². The zero-order valence-electron chi connectivity index (χ0n) is 11.0. The fourth-order valence-corrected chi connectivity index (χ4v) is 3.57. The van der Waals surface area contributed by atoms with Gasteiger partial charge in [-0.15, -0.1) is 11.3 Å². The van der Waals surface area contributed by atoms with Crippen LogP contribution >= 0.6 is 11.3 Å². The highest BCUT2D eigenvalue weighted by Gasteiger charge is 2.38. The third kappa shape index (κ3) is 3.15. The molecule has 1 aromatic rings. The molecule has 3 unspecified atom stereocenters. The van der Waals surface area contributed by atoms with E-state index >= 15 is 0 Å². The molecule has 0 aromatic carbocycles. The van der Waals surface area contributed by atoms with Crippen LogP contribution in [0.4, 0.5) is 0 Å². The molecule has 0 radical (unpaired) electrons. The Morgan fingerprint density at radius 3 is 2.79 bits per heavy atom. The van der Waals surface area contributed by atoms with Gasteiger partial charge in [0.1, 0.15) is 0 Å². The van der Waals surface area contributed by atoms with Gasteiger partial charge in [0.15, 0.2) is 0 Å². The number of rotatable bonds is 5. The van der Waals surface area contributed by atoms with Gasteiger partial charge in [-0.2, -0.15) is 0 Å². The molecule has 0 saturated heterocycles. The minimum atomic E-state index is -0.846. The van der Waals surface area contributed by atoms with Crippen molar-refractivity contribution < 1.29 is 14.7 Å². The molecule has 1 aliphatic carbocycles. The topological polar surface area (TPSA) is 66.4 Å². The Morgan fingerprint density at radius 2 is 2.21 bits per heavy atom. The number of nitrogens with one attached hydrogen (secondary N) is 1. The molecular formula is C14H19NO3S. The van der Waals surface area contributed by atoms with E-state index in [-0.39, 0.29) is 17.9 Å². The lowest BCUT2D eigenvalue weighted by Crippen LogP contribution is -2.37. The standard InChI is InChI=1S/C14H19NO3S/c1-2-11(12-7-4-8-19-12)15-13(16)9-5-3-6-10(9)14(17)18/h4,7-11H,2-3,5-6H2,1H3,(H,15,16)(H,17,18). The van der Waals surface area contributed by atoms with Gasteiger partial charge in [-0.1, -0.05) is 19.4 Å². The zero-order chi connectivity index (χ0) is 13.8. The van der Waals surface area contributed by atoms with Crippen LogP contribution in [0.15, 0.2) is 17.5 Å². The Balaban J connectivity index is 2.02. The smallest absolute Gasteiger partial charge is 0.307 e. The maximum Gasteiger partial charge on any atom is 0.307 e. The summed E-state index contributed by atoms with van der Waals surface area (Å²) in [6.07, 6.45) is 2.94. The average Bonchev–Trinajstić information content (AvgIpc) is 3.05. The van der Waals surface area contributed by atoms with Crippen molar-refractivity contribution in [3.05, 3.63) is 22.4 Å². The van der Waals surface area contributed by atoms with Crippen molar-refractivity contribution in [2.75, 3.05) is 0 Å². The highest BCUT2D eigenvalue weighted by Crippen LogP contribution is 2.33. The second-order valence-corrected chi connectivity index (χ2v) is 5.95. The quantitative estimate of drug-likeness (QED) is 0.872. The molecular weight excluding hydrogens is 262 g/mol. The molecule has 0 spiro atoms. The van der Waals surface area contributed by atoms with Gasteiger partial charge in [0.05, 0.1) is 17.9 Å². The predicted molar refractivity (Wildman–Crippen MR) is 74.0 cm³/mol. The fraction of sp³-hybridized carbons (Fsp3) is 0.571. The van der Waals surface area contributed by atoms with Crippen molar-refractivity contribution in [1.82, 2.24) is 5.32 Å². The minimum absolute atomic E-state index is 0.00236. The molecule has 1 amide bonds. The number of carboxylic acids is 1. The highest BCUT2D eigenvalue weighted by molar-refractivity contribution is 7.10. The lowest BCUT2D eigenvalue weighted by Gasteiger charge is -2.20. The van der Waals surface area contributed by atoms with E-state index in [0.717, 1.165) is 17.7 Å². The minimum Gasteiger partial charge on any atom is -0.481 e. The number of carboxylic acid groups (broad SMARTS) is 1. The van der Waals surface area contributed by atoms with E-state index in [1.807, 2.05) is 24.4 Å². The van der Waals surface area contributed by atoms with Crippen LogP contribution in [0.5, 0.6) is 0 Å². The first-order valence-corrected chi connectivity index (χ1v) is 7.58. The molecule has 104 valence electrons. The molecule has 2 N–H and O–H groups in total. The lowest BCUT2D eigenvalue weighted by molar-refractivity contribution is -0.146. The number of aliphatic carboxylic acids is 1. The number of amides is 1. The third-order valence-corrected chi connectivity index (χ3v) is 4.77. The van der Waals surface area contributed by atoms with Crippen LogP contribution < -0.4 is 5.32 Å². The van der Waals surface area contributed by atoms with Gasteiger partial charge >= 0.3 is 5.97 Å². The summed E-state index contributed by atoms with van der Waals surface area (Å²) < 4.78 is 0. The monoisotopic (exact) mass is 281 g/mol. The Hall–Kier alpha value is -1.36. The molecule has 19 heavy (non-hydrogen) atoms. The van der Waals surface area contributed by atoms with Crippen LogP contribution in [-0.2, 0) is 9.59 Å². The Morgan fingerprint density at radius 1 is 1.47 bits per heavy atom. The van der Waals surface area contributed by atoms with Gasteiger partial charge in [0, 0.05) is 4.88 Å². The molecule has 0 aliphatic heterocycles. The number of carbonyl (C=O) groups is 2. The summed E-state index contributed by atoms with van der Waals surface area (Å²) in [5.74, 6) is -1.83. The van der Waals surface area contributed by atoms with E-state index in [1.165, 1.54) is 0 Å². The van der Waals surface area contributed by atoms with Crippen molar-refractivity contribution in [3.8, 4) is 0 Å². The van der Waals surface area contributed by atoms with Crippen LogP contribution in [0.2, 0.25) is 0 Å². The first kappa shape index (κ1) is 14.1. The van der Waals surface area contributed by atoms with Crippen LogP contribution in [-0.4, -0.2) is 17.0 Å². The zero-order valence-corrected chi connectivity index (χ0v) is 11.8.